The summed E-state index contributed by atoms with van der Waals surface area (Å²) in [7, 11) is -2.19. The fraction of sp³-hybridized carbons (Fsp3) is 0.308. The molecule has 0 aliphatic heterocycles. The first-order valence-electron chi connectivity index (χ1n) is 6.16. The maximum absolute atomic E-state index is 12.6. The number of nitrogens with two attached hydrogens (primary N) is 1. The summed E-state index contributed by atoms with van der Waals surface area (Å²) in [5, 5.41) is 3.83. The van der Waals surface area contributed by atoms with Crippen molar-refractivity contribution >= 4 is 31.6 Å². The molecule has 0 saturated heterocycles. The first-order chi connectivity index (χ1) is 9.73. The van der Waals surface area contributed by atoms with E-state index >= 15 is 0 Å². The van der Waals surface area contributed by atoms with Gasteiger partial charge in [-0.15, -0.1) is 0 Å². The smallest absolute Gasteiger partial charge is 0.245 e. The van der Waals surface area contributed by atoms with E-state index in [4.69, 9.17) is 10.3 Å². The molecule has 0 radical (unpaired) electrons. The number of halogens is 1. The third-order valence-electron chi connectivity index (χ3n) is 3.23. The Morgan fingerprint density at radius 3 is 2.62 bits per heavy atom. The van der Waals surface area contributed by atoms with Gasteiger partial charge in [-0.2, -0.15) is 4.31 Å². The third kappa shape index (κ3) is 3.12. The van der Waals surface area contributed by atoms with Gasteiger partial charge < -0.3 is 10.3 Å². The topological polar surface area (TPSA) is 89.4 Å². The number of benzene rings is 1. The molecule has 2 rings (SSSR count). The minimum atomic E-state index is -3.69. The molecule has 0 unspecified atom stereocenters. The fourth-order valence-electron chi connectivity index (χ4n) is 1.93. The van der Waals surface area contributed by atoms with Crippen molar-refractivity contribution in [2.75, 3.05) is 12.8 Å². The first kappa shape index (κ1) is 16.0. The highest BCUT2D eigenvalue weighted by Gasteiger charge is 2.25. The van der Waals surface area contributed by atoms with Gasteiger partial charge >= 0.3 is 0 Å². The summed E-state index contributed by atoms with van der Waals surface area (Å²) in [6, 6.07) is 4.75. The molecule has 1 aromatic carbocycles. The molecule has 114 valence electrons. The quantitative estimate of drug-likeness (QED) is 0.831. The summed E-state index contributed by atoms with van der Waals surface area (Å²) in [6.45, 7) is 3.71. The van der Waals surface area contributed by atoms with Gasteiger partial charge in [-0.05, 0) is 32.0 Å². The Labute approximate surface area is 132 Å². The molecule has 8 heteroatoms. The molecular formula is C13H16BrN3O3S. The average molecular weight is 374 g/mol. The Morgan fingerprint density at radius 2 is 2.05 bits per heavy atom. The van der Waals surface area contributed by atoms with Crippen LogP contribution in [0.1, 0.15) is 17.0 Å². The zero-order valence-electron chi connectivity index (χ0n) is 11.9. The Hall–Kier alpha value is -1.38. The van der Waals surface area contributed by atoms with Crippen molar-refractivity contribution in [3.05, 3.63) is 39.7 Å². The largest absolute Gasteiger partial charge is 0.398 e. The van der Waals surface area contributed by atoms with Crippen molar-refractivity contribution < 1.29 is 12.9 Å². The Bertz CT molecular complexity index is 751. The number of rotatable bonds is 4. The number of aromatic nitrogens is 1. The number of sulfonamides is 1. The number of nitrogens with zero attached hydrogens (tertiary/aromatic N) is 2. The van der Waals surface area contributed by atoms with Gasteiger partial charge in [-0.25, -0.2) is 8.42 Å². The number of hydrogen-bond donors (Lipinski definition) is 1. The van der Waals surface area contributed by atoms with Gasteiger partial charge in [0, 0.05) is 23.6 Å². The molecule has 0 saturated carbocycles. The Morgan fingerprint density at radius 1 is 1.38 bits per heavy atom. The maximum atomic E-state index is 12.6. The van der Waals surface area contributed by atoms with E-state index in [0.29, 0.717) is 15.9 Å². The summed E-state index contributed by atoms with van der Waals surface area (Å²) in [6.07, 6.45) is 0. The van der Waals surface area contributed by atoms with Crippen LogP contribution in [0.5, 0.6) is 0 Å². The Balaban J connectivity index is 2.37. The van der Waals surface area contributed by atoms with Gasteiger partial charge in [-0.1, -0.05) is 21.1 Å². The third-order valence-corrected chi connectivity index (χ3v) is 5.58. The van der Waals surface area contributed by atoms with Gasteiger partial charge in [0.25, 0.3) is 0 Å². The normalized spacial score (nSPS) is 12.0. The summed E-state index contributed by atoms with van der Waals surface area (Å²) in [5.41, 5.74) is 7.44. The maximum Gasteiger partial charge on any atom is 0.245 e. The van der Waals surface area contributed by atoms with E-state index in [-0.39, 0.29) is 17.1 Å². The van der Waals surface area contributed by atoms with E-state index in [1.165, 1.54) is 17.4 Å². The van der Waals surface area contributed by atoms with Crippen molar-refractivity contribution in [3.8, 4) is 0 Å². The van der Waals surface area contributed by atoms with Crippen molar-refractivity contribution in [3.63, 3.8) is 0 Å². The average Bonchev–Trinajstić information content (AvgIpc) is 2.73. The number of hydrogen-bond acceptors (Lipinski definition) is 5. The lowest BCUT2D eigenvalue weighted by atomic mass is 10.2. The zero-order chi connectivity index (χ0) is 15.8. The standard InChI is InChI=1S/C13H16BrN3O3S/c1-8-11(9(2)20-16-8)7-17(3)21(18,19)13-6-10(14)4-5-12(13)15/h4-6H,7,15H2,1-3H3. The molecule has 2 N–H and O–H groups in total. The van der Waals surface area contributed by atoms with Gasteiger partial charge in [0.15, 0.2) is 0 Å². The van der Waals surface area contributed by atoms with E-state index in [1.807, 2.05) is 0 Å². The van der Waals surface area contributed by atoms with Gasteiger partial charge in [0.05, 0.1) is 11.4 Å². The molecule has 1 heterocycles. The van der Waals surface area contributed by atoms with Crippen LogP contribution in [0.15, 0.2) is 32.1 Å². The molecule has 0 spiro atoms. The lowest BCUT2D eigenvalue weighted by Crippen LogP contribution is -2.27. The molecule has 0 aliphatic carbocycles. The highest BCUT2D eigenvalue weighted by Crippen LogP contribution is 2.27. The highest BCUT2D eigenvalue weighted by molar-refractivity contribution is 9.10. The van der Waals surface area contributed by atoms with Crippen LogP contribution in [0.2, 0.25) is 0 Å². The SMILES string of the molecule is Cc1noc(C)c1CN(C)S(=O)(=O)c1cc(Br)ccc1N. The second kappa shape index (κ2) is 5.78. The summed E-state index contributed by atoms with van der Waals surface area (Å²) in [5.74, 6) is 0.608. The second-order valence-electron chi connectivity index (χ2n) is 4.75. The van der Waals surface area contributed by atoms with Gasteiger partial charge in [-0.3, -0.25) is 0 Å². The minimum absolute atomic E-state index is 0.0751. The van der Waals surface area contributed by atoms with Crippen LogP contribution in [0.4, 0.5) is 5.69 Å². The molecule has 1 aromatic heterocycles. The van der Waals surface area contributed by atoms with Crippen LogP contribution < -0.4 is 5.73 Å². The molecule has 21 heavy (non-hydrogen) atoms. The van der Waals surface area contributed by atoms with Crippen molar-refractivity contribution in [1.29, 1.82) is 0 Å². The monoisotopic (exact) mass is 373 g/mol. The van der Waals surface area contributed by atoms with Crippen LogP contribution >= 0.6 is 15.9 Å². The fourth-order valence-corrected chi connectivity index (χ4v) is 3.72. The molecule has 0 atom stereocenters. The van der Waals surface area contributed by atoms with E-state index in [2.05, 4.69) is 21.1 Å². The minimum Gasteiger partial charge on any atom is -0.398 e. The van der Waals surface area contributed by atoms with Crippen molar-refractivity contribution in [2.45, 2.75) is 25.3 Å². The first-order valence-corrected chi connectivity index (χ1v) is 8.40. The van der Waals surface area contributed by atoms with Crippen LogP contribution in [0.25, 0.3) is 0 Å². The molecular weight excluding hydrogens is 358 g/mol. The molecule has 2 aromatic rings. The zero-order valence-corrected chi connectivity index (χ0v) is 14.3. The predicted molar refractivity (Wildman–Crippen MR) is 83.2 cm³/mol. The molecule has 0 bridgehead atoms. The van der Waals surface area contributed by atoms with E-state index in [0.717, 1.165) is 5.56 Å². The van der Waals surface area contributed by atoms with Crippen LogP contribution in [0, 0.1) is 13.8 Å². The lowest BCUT2D eigenvalue weighted by Gasteiger charge is -2.18. The van der Waals surface area contributed by atoms with Gasteiger partial charge in [0.1, 0.15) is 10.7 Å². The van der Waals surface area contributed by atoms with E-state index in [1.54, 1.807) is 26.0 Å². The van der Waals surface area contributed by atoms with E-state index < -0.39 is 10.0 Å². The predicted octanol–water partition coefficient (Wildman–Crippen LogP) is 2.46. The summed E-state index contributed by atoms with van der Waals surface area (Å²) >= 11 is 3.26. The summed E-state index contributed by atoms with van der Waals surface area (Å²) < 4.78 is 32.2. The van der Waals surface area contributed by atoms with Crippen LogP contribution in [0.3, 0.4) is 0 Å². The molecule has 0 fully saturated rings. The molecule has 6 nitrogen and oxygen atoms in total. The van der Waals surface area contributed by atoms with Gasteiger partial charge in [0.2, 0.25) is 10.0 Å². The second-order valence-corrected chi connectivity index (χ2v) is 7.67. The van der Waals surface area contributed by atoms with Crippen molar-refractivity contribution in [1.82, 2.24) is 9.46 Å². The number of aryl methyl sites for hydroxylation is 2. The molecule has 0 amide bonds. The highest BCUT2D eigenvalue weighted by atomic mass is 79.9. The Kier molecular flexibility index (Phi) is 4.40. The number of nitrogen functional groups attached to an aromatic ring is 1. The van der Waals surface area contributed by atoms with E-state index in [9.17, 15) is 8.42 Å². The molecule has 0 aliphatic rings. The van der Waals surface area contributed by atoms with Crippen molar-refractivity contribution in [2.24, 2.45) is 0 Å². The lowest BCUT2D eigenvalue weighted by molar-refractivity contribution is 0.390. The summed E-state index contributed by atoms with van der Waals surface area (Å²) in [4.78, 5) is 0.0751. The van der Waals surface area contributed by atoms with Crippen LogP contribution in [-0.4, -0.2) is 24.9 Å². The van der Waals surface area contributed by atoms with Crippen LogP contribution in [-0.2, 0) is 16.6 Å². The number of anilines is 1.